The predicted molar refractivity (Wildman–Crippen MR) is 125 cm³/mol. The number of phenolic OH excluding ortho intramolecular Hbond substituents is 1. The summed E-state index contributed by atoms with van der Waals surface area (Å²) < 4.78 is 5.35. The van der Waals surface area contributed by atoms with Crippen LogP contribution in [0.15, 0.2) is 90.0 Å². The highest BCUT2D eigenvalue weighted by Crippen LogP contribution is 2.29. The number of carbonyl (C=O) groups is 2. The van der Waals surface area contributed by atoms with E-state index < -0.39 is 22.5 Å². The molecule has 0 aliphatic rings. The van der Waals surface area contributed by atoms with Gasteiger partial charge in [0.05, 0.1) is 16.7 Å². The Balaban J connectivity index is 1.51. The number of nitro groups is 1. The molecule has 0 saturated heterocycles. The number of aromatic hydroxyl groups is 1. The molecule has 168 valence electrons. The van der Waals surface area contributed by atoms with Crippen molar-refractivity contribution in [2.45, 2.75) is 0 Å². The number of rotatable bonds is 6. The molecule has 0 atom stereocenters. The molecule has 0 bridgehead atoms. The minimum absolute atomic E-state index is 0.0219. The number of hydrogen-bond acceptors (Lipinski definition) is 7. The van der Waals surface area contributed by atoms with Crippen LogP contribution in [0.5, 0.6) is 11.5 Å². The third kappa shape index (κ3) is 4.89. The Bertz CT molecular complexity index is 1430. The first kappa shape index (κ1) is 22.2. The third-order valence-corrected chi connectivity index (χ3v) is 4.90. The molecule has 0 radical (unpaired) electrons. The molecule has 9 nitrogen and oxygen atoms in total. The topological polar surface area (TPSA) is 131 Å². The standard InChI is InChI=1S/C25H17N3O6/c29-19-11-9-18(10-12-19)24(30)27-26-15-16-8-13-23(22(14-16)28(32)33)34-25(31)21-7-3-5-17-4-1-2-6-20(17)21/h1-15,29H,(H,27,30)/b26-15-. The predicted octanol–water partition coefficient (Wildman–Crippen LogP) is 4.44. The molecular formula is C25H17N3O6. The molecule has 0 saturated carbocycles. The fourth-order valence-corrected chi connectivity index (χ4v) is 3.24. The van der Waals surface area contributed by atoms with Crippen molar-refractivity contribution in [1.82, 2.24) is 5.43 Å². The molecule has 0 aliphatic heterocycles. The van der Waals surface area contributed by atoms with Gasteiger partial charge in [-0.15, -0.1) is 0 Å². The molecule has 0 aromatic heterocycles. The molecule has 4 rings (SSSR count). The number of nitrogens with zero attached hydrogens (tertiary/aromatic N) is 2. The van der Waals surface area contributed by atoms with E-state index in [1.807, 2.05) is 18.2 Å². The van der Waals surface area contributed by atoms with Gasteiger partial charge in [-0.05, 0) is 53.2 Å². The van der Waals surface area contributed by atoms with E-state index in [-0.39, 0.29) is 22.6 Å². The van der Waals surface area contributed by atoms with Crippen LogP contribution in [0.1, 0.15) is 26.3 Å². The second-order valence-corrected chi connectivity index (χ2v) is 7.15. The van der Waals surface area contributed by atoms with Gasteiger partial charge in [-0.2, -0.15) is 5.10 Å². The van der Waals surface area contributed by atoms with E-state index in [4.69, 9.17) is 4.74 Å². The van der Waals surface area contributed by atoms with E-state index >= 15 is 0 Å². The van der Waals surface area contributed by atoms with Crippen LogP contribution in [0.25, 0.3) is 10.8 Å². The van der Waals surface area contributed by atoms with Crippen LogP contribution in [0.2, 0.25) is 0 Å². The van der Waals surface area contributed by atoms with Crippen molar-refractivity contribution in [3.8, 4) is 11.5 Å². The van der Waals surface area contributed by atoms with E-state index in [0.717, 1.165) is 5.39 Å². The van der Waals surface area contributed by atoms with Crippen LogP contribution in [-0.2, 0) is 0 Å². The summed E-state index contributed by atoms with van der Waals surface area (Å²) in [5.74, 6) is -1.43. The van der Waals surface area contributed by atoms with Gasteiger partial charge in [0.1, 0.15) is 5.75 Å². The summed E-state index contributed by atoms with van der Waals surface area (Å²) in [4.78, 5) is 35.7. The lowest BCUT2D eigenvalue weighted by Gasteiger charge is -2.08. The molecule has 4 aromatic rings. The van der Waals surface area contributed by atoms with Gasteiger partial charge in [0.2, 0.25) is 5.75 Å². The van der Waals surface area contributed by atoms with Crippen molar-refractivity contribution in [2.24, 2.45) is 5.10 Å². The quantitative estimate of drug-likeness (QED) is 0.145. The highest BCUT2D eigenvalue weighted by Gasteiger charge is 2.20. The number of carbonyl (C=O) groups excluding carboxylic acids is 2. The highest BCUT2D eigenvalue weighted by molar-refractivity contribution is 6.05. The van der Waals surface area contributed by atoms with Crippen molar-refractivity contribution in [3.05, 3.63) is 112 Å². The molecule has 9 heteroatoms. The monoisotopic (exact) mass is 455 g/mol. The van der Waals surface area contributed by atoms with Crippen molar-refractivity contribution in [1.29, 1.82) is 0 Å². The lowest BCUT2D eigenvalue weighted by Crippen LogP contribution is -2.17. The van der Waals surface area contributed by atoms with Crippen LogP contribution in [-0.4, -0.2) is 28.1 Å². The number of nitrogens with one attached hydrogen (secondary N) is 1. The second kappa shape index (κ2) is 9.61. The number of hydrogen-bond donors (Lipinski definition) is 2. The van der Waals surface area contributed by atoms with Crippen LogP contribution in [0.4, 0.5) is 5.69 Å². The lowest BCUT2D eigenvalue weighted by molar-refractivity contribution is -0.385. The largest absolute Gasteiger partial charge is 0.508 e. The first-order valence-electron chi connectivity index (χ1n) is 10.0. The van der Waals surface area contributed by atoms with Crippen LogP contribution in [0.3, 0.4) is 0 Å². The van der Waals surface area contributed by atoms with Crippen molar-refractivity contribution < 1.29 is 24.4 Å². The summed E-state index contributed by atoms with van der Waals surface area (Å²) in [6.07, 6.45) is 1.22. The van der Waals surface area contributed by atoms with Gasteiger partial charge in [-0.25, -0.2) is 10.2 Å². The fourth-order valence-electron chi connectivity index (χ4n) is 3.24. The van der Waals surface area contributed by atoms with Gasteiger partial charge in [0.15, 0.2) is 0 Å². The number of ether oxygens (including phenoxy) is 1. The van der Waals surface area contributed by atoms with Gasteiger partial charge < -0.3 is 9.84 Å². The Labute approximate surface area is 193 Å². The Kier molecular flexibility index (Phi) is 6.26. The summed E-state index contributed by atoms with van der Waals surface area (Å²) in [6, 6.07) is 21.9. The smallest absolute Gasteiger partial charge is 0.344 e. The lowest BCUT2D eigenvalue weighted by atomic mass is 10.0. The zero-order valence-electron chi connectivity index (χ0n) is 17.5. The Morgan fingerprint density at radius 3 is 2.47 bits per heavy atom. The van der Waals surface area contributed by atoms with Gasteiger partial charge in [0.25, 0.3) is 5.91 Å². The number of amides is 1. The minimum atomic E-state index is -0.720. The maximum absolute atomic E-state index is 12.8. The Hall–Kier alpha value is -5.05. The molecule has 0 aliphatic carbocycles. The Morgan fingerprint density at radius 1 is 0.971 bits per heavy atom. The van der Waals surface area contributed by atoms with E-state index in [1.54, 1.807) is 24.3 Å². The molecule has 0 fully saturated rings. The molecule has 2 N–H and O–H groups in total. The SMILES string of the molecule is O=C(N/N=C\c1ccc(OC(=O)c2cccc3ccccc23)c([N+](=O)[O-])c1)c1ccc(O)cc1. The van der Waals surface area contributed by atoms with Gasteiger partial charge in [-0.1, -0.05) is 36.4 Å². The molecule has 1 amide bonds. The maximum Gasteiger partial charge on any atom is 0.344 e. The highest BCUT2D eigenvalue weighted by atomic mass is 16.6. The van der Waals surface area contributed by atoms with Gasteiger partial charge in [-0.3, -0.25) is 14.9 Å². The normalized spacial score (nSPS) is 10.8. The molecular weight excluding hydrogens is 438 g/mol. The van der Waals surface area contributed by atoms with Crippen LogP contribution < -0.4 is 10.2 Å². The maximum atomic E-state index is 12.8. The van der Waals surface area contributed by atoms with Gasteiger partial charge in [0, 0.05) is 17.2 Å². The summed E-state index contributed by atoms with van der Waals surface area (Å²) in [5, 5.41) is 26.2. The molecule has 0 spiro atoms. The molecule has 0 unspecified atom stereocenters. The number of esters is 1. The number of hydrazone groups is 1. The number of fused-ring (bicyclic) bond motifs is 1. The van der Waals surface area contributed by atoms with Crippen molar-refractivity contribution >= 4 is 34.6 Å². The van der Waals surface area contributed by atoms with E-state index in [2.05, 4.69) is 10.5 Å². The minimum Gasteiger partial charge on any atom is -0.508 e. The summed E-state index contributed by atoms with van der Waals surface area (Å²) in [7, 11) is 0. The first-order chi connectivity index (χ1) is 16.4. The van der Waals surface area contributed by atoms with E-state index in [9.17, 15) is 24.8 Å². The van der Waals surface area contributed by atoms with E-state index in [1.165, 1.54) is 48.7 Å². The molecule has 34 heavy (non-hydrogen) atoms. The average Bonchev–Trinajstić information content (AvgIpc) is 2.84. The first-order valence-corrected chi connectivity index (χ1v) is 10.0. The van der Waals surface area contributed by atoms with Crippen molar-refractivity contribution in [3.63, 3.8) is 0 Å². The number of benzene rings is 4. The zero-order chi connectivity index (χ0) is 24.1. The molecule has 0 heterocycles. The van der Waals surface area contributed by atoms with Crippen LogP contribution >= 0.6 is 0 Å². The Morgan fingerprint density at radius 2 is 1.71 bits per heavy atom. The summed E-state index contributed by atoms with van der Waals surface area (Å²) in [5.41, 5.74) is 2.74. The summed E-state index contributed by atoms with van der Waals surface area (Å²) in [6.45, 7) is 0. The number of nitro benzene ring substituents is 1. The van der Waals surface area contributed by atoms with Crippen LogP contribution in [0, 0.1) is 10.1 Å². The van der Waals surface area contributed by atoms with Crippen molar-refractivity contribution in [2.75, 3.05) is 0 Å². The second-order valence-electron chi connectivity index (χ2n) is 7.15. The molecule has 4 aromatic carbocycles. The number of phenols is 1. The van der Waals surface area contributed by atoms with Gasteiger partial charge >= 0.3 is 11.7 Å². The fraction of sp³-hybridized carbons (Fsp3) is 0. The van der Waals surface area contributed by atoms with E-state index in [0.29, 0.717) is 10.9 Å². The zero-order valence-corrected chi connectivity index (χ0v) is 17.5. The average molecular weight is 455 g/mol. The third-order valence-electron chi connectivity index (χ3n) is 4.90. The summed E-state index contributed by atoms with van der Waals surface area (Å²) >= 11 is 0.